The Labute approximate surface area is 254 Å². The highest BCUT2D eigenvalue weighted by atomic mass is 19.1. The Morgan fingerprint density at radius 3 is 2.59 bits per heavy atom. The number of benzene rings is 2. The first-order valence-electron chi connectivity index (χ1n) is 14.5. The number of aromatic amines is 1. The number of rotatable bonds is 9. The topological polar surface area (TPSA) is 123 Å². The SMILES string of the molecule is CC(C)C(=O)Nc1cncc(-c2ccc3c(c2)C(c2nc4c(-c5cc(F)cc(NCCN(C)C)c5)cncc4[nH]2)=NNC3)c1. The van der Waals surface area contributed by atoms with Gasteiger partial charge in [-0.25, -0.2) is 9.37 Å². The Balaban J connectivity index is 1.34. The second-order valence-corrected chi connectivity index (χ2v) is 11.4. The molecule has 11 heteroatoms. The number of fused-ring (bicyclic) bond motifs is 2. The summed E-state index contributed by atoms with van der Waals surface area (Å²) in [7, 11) is 3.99. The highest BCUT2D eigenvalue weighted by molar-refractivity contribution is 6.14. The molecule has 4 heterocycles. The number of pyridine rings is 2. The number of anilines is 2. The van der Waals surface area contributed by atoms with Crippen LogP contribution in [0.15, 0.2) is 72.4 Å². The lowest BCUT2D eigenvalue weighted by Gasteiger charge is -2.18. The molecule has 0 atom stereocenters. The molecule has 0 bridgehead atoms. The number of hydrogen-bond donors (Lipinski definition) is 4. The predicted octanol–water partition coefficient (Wildman–Crippen LogP) is 5.25. The van der Waals surface area contributed by atoms with Crippen molar-refractivity contribution in [1.82, 2.24) is 30.3 Å². The smallest absolute Gasteiger partial charge is 0.226 e. The largest absolute Gasteiger partial charge is 0.384 e. The van der Waals surface area contributed by atoms with Gasteiger partial charge in [-0.3, -0.25) is 14.8 Å². The van der Waals surface area contributed by atoms with Gasteiger partial charge in [0, 0.05) is 53.8 Å². The van der Waals surface area contributed by atoms with Crippen LogP contribution in [0.4, 0.5) is 15.8 Å². The lowest BCUT2D eigenvalue weighted by Crippen LogP contribution is -2.22. The van der Waals surface area contributed by atoms with Crippen LogP contribution in [0.5, 0.6) is 0 Å². The standard InChI is InChI=1S/C33H34FN9O/c1-19(2)33(44)39-26-11-23(14-35-16-26)20-5-6-21-15-38-42-31(27(21)12-20)32-40-29-18-36-17-28(30(29)41-32)22-9-24(34)13-25(10-22)37-7-8-43(3)4/h5-6,9-14,16-19,37-38H,7-8,15H2,1-4H3,(H,39,44)(H,40,41). The van der Waals surface area contributed by atoms with E-state index in [0.29, 0.717) is 58.2 Å². The van der Waals surface area contributed by atoms with Crippen LogP contribution in [-0.2, 0) is 11.3 Å². The maximum Gasteiger partial charge on any atom is 0.226 e. The second-order valence-electron chi connectivity index (χ2n) is 11.4. The molecule has 5 aromatic rings. The number of likely N-dealkylation sites (N-methyl/N-ethyl adjacent to an activating group) is 1. The van der Waals surface area contributed by atoms with Crippen molar-refractivity contribution < 1.29 is 9.18 Å². The normalized spacial score (nSPS) is 12.7. The molecular formula is C33H34FN9O. The van der Waals surface area contributed by atoms with Gasteiger partial charge in [0.25, 0.3) is 0 Å². The van der Waals surface area contributed by atoms with Gasteiger partial charge in [-0.1, -0.05) is 26.0 Å². The fourth-order valence-electron chi connectivity index (χ4n) is 5.06. The van der Waals surface area contributed by atoms with E-state index in [0.717, 1.165) is 28.8 Å². The molecule has 1 aliphatic heterocycles. The average Bonchev–Trinajstić information content (AvgIpc) is 3.44. The molecule has 2 aromatic carbocycles. The van der Waals surface area contributed by atoms with E-state index in [1.807, 2.05) is 46.1 Å². The zero-order chi connectivity index (χ0) is 30.8. The van der Waals surface area contributed by atoms with Crippen LogP contribution in [-0.4, -0.2) is 63.6 Å². The number of imidazole rings is 1. The molecule has 0 radical (unpaired) electrons. The van der Waals surface area contributed by atoms with Crippen LogP contribution in [0, 0.1) is 11.7 Å². The van der Waals surface area contributed by atoms with Crippen molar-refractivity contribution in [2.45, 2.75) is 20.4 Å². The molecule has 0 aliphatic carbocycles. The van der Waals surface area contributed by atoms with E-state index in [2.05, 4.69) is 53.1 Å². The number of carbonyl (C=O) groups excluding carboxylic acids is 1. The zero-order valence-electron chi connectivity index (χ0n) is 25.1. The molecule has 6 rings (SSSR count). The molecule has 10 nitrogen and oxygen atoms in total. The first kappa shape index (κ1) is 28.9. The van der Waals surface area contributed by atoms with Gasteiger partial charge in [-0.05, 0) is 61.1 Å². The molecule has 4 N–H and O–H groups in total. The van der Waals surface area contributed by atoms with Crippen molar-refractivity contribution in [2.75, 3.05) is 37.8 Å². The van der Waals surface area contributed by atoms with Gasteiger partial charge < -0.3 is 25.9 Å². The third kappa shape index (κ3) is 6.13. The van der Waals surface area contributed by atoms with Gasteiger partial charge in [-0.2, -0.15) is 5.10 Å². The molecule has 224 valence electrons. The summed E-state index contributed by atoms with van der Waals surface area (Å²) in [4.78, 5) is 31.4. The number of H-pyrrole nitrogens is 1. The van der Waals surface area contributed by atoms with Gasteiger partial charge in [-0.15, -0.1) is 0 Å². The fraction of sp³-hybridized carbons (Fsp3) is 0.242. The number of nitrogens with one attached hydrogen (secondary N) is 4. The van der Waals surface area contributed by atoms with Gasteiger partial charge in [0.15, 0.2) is 5.82 Å². The van der Waals surface area contributed by atoms with Crippen LogP contribution in [0.2, 0.25) is 0 Å². The van der Waals surface area contributed by atoms with Crippen LogP contribution in [0.25, 0.3) is 33.3 Å². The van der Waals surface area contributed by atoms with E-state index < -0.39 is 0 Å². The third-order valence-electron chi connectivity index (χ3n) is 7.40. The summed E-state index contributed by atoms with van der Waals surface area (Å²) >= 11 is 0. The molecule has 1 amide bonds. The van der Waals surface area contributed by atoms with Gasteiger partial charge >= 0.3 is 0 Å². The van der Waals surface area contributed by atoms with Crippen LogP contribution >= 0.6 is 0 Å². The Kier molecular flexibility index (Phi) is 8.03. The van der Waals surface area contributed by atoms with Crippen molar-refractivity contribution >= 4 is 34.0 Å². The first-order chi connectivity index (χ1) is 21.2. The summed E-state index contributed by atoms with van der Waals surface area (Å²) < 4.78 is 14.7. The number of nitrogens with zero attached hydrogens (tertiary/aromatic N) is 5. The minimum atomic E-state index is -0.341. The minimum absolute atomic E-state index is 0.0660. The Morgan fingerprint density at radius 1 is 0.955 bits per heavy atom. The summed E-state index contributed by atoms with van der Waals surface area (Å²) in [5.74, 6) is 0.0218. The zero-order valence-corrected chi connectivity index (χ0v) is 25.1. The van der Waals surface area contributed by atoms with Crippen molar-refractivity contribution in [3.8, 4) is 22.3 Å². The summed E-state index contributed by atoms with van der Waals surface area (Å²) in [5, 5.41) is 10.8. The number of halogens is 1. The third-order valence-corrected chi connectivity index (χ3v) is 7.40. The fourth-order valence-corrected chi connectivity index (χ4v) is 5.06. The van der Waals surface area contributed by atoms with E-state index in [1.165, 1.54) is 12.1 Å². The molecule has 0 unspecified atom stereocenters. The van der Waals surface area contributed by atoms with E-state index in [9.17, 15) is 9.18 Å². The molecule has 3 aromatic heterocycles. The van der Waals surface area contributed by atoms with E-state index in [4.69, 9.17) is 4.98 Å². The highest BCUT2D eigenvalue weighted by Gasteiger charge is 2.22. The van der Waals surface area contributed by atoms with Crippen molar-refractivity contribution in [3.05, 3.63) is 90.0 Å². The first-order valence-corrected chi connectivity index (χ1v) is 14.5. The maximum atomic E-state index is 14.7. The lowest BCUT2D eigenvalue weighted by atomic mass is 9.95. The summed E-state index contributed by atoms with van der Waals surface area (Å²) in [6.07, 6.45) is 6.82. The number of amides is 1. The number of carbonyl (C=O) groups is 1. The van der Waals surface area contributed by atoms with E-state index in [1.54, 1.807) is 24.8 Å². The molecule has 44 heavy (non-hydrogen) atoms. The van der Waals surface area contributed by atoms with Gasteiger partial charge in [0.1, 0.15) is 11.5 Å². The van der Waals surface area contributed by atoms with Crippen molar-refractivity contribution in [2.24, 2.45) is 11.0 Å². The van der Waals surface area contributed by atoms with Crippen molar-refractivity contribution in [1.29, 1.82) is 0 Å². The highest BCUT2D eigenvalue weighted by Crippen LogP contribution is 2.31. The minimum Gasteiger partial charge on any atom is -0.384 e. The molecular weight excluding hydrogens is 557 g/mol. The molecule has 0 spiro atoms. The maximum absolute atomic E-state index is 14.7. The number of hydrazone groups is 1. The van der Waals surface area contributed by atoms with Gasteiger partial charge in [0.05, 0.1) is 35.7 Å². The van der Waals surface area contributed by atoms with E-state index in [-0.39, 0.29) is 17.6 Å². The van der Waals surface area contributed by atoms with Crippen LogP contribution < -0.4 is 16.1 Å². The van der Waals surface area contributed by atoms with E-state index >= 15 is 0 Å². The Hall–Kier alpha value is -5.16. The quantitative estimate of drug-likeness (QED) is 0.185. The monoisotopic (exact) mass is 591 g/mol. The van der Waals surface area contributed by atoms with Crippen LogP contribution in [0.1, 0.15) is 30.8 Å². The summed E-state index contributed by atoms with van der Waals surface area (Å²) in [6.45, 7) is 5.78. The number of aromatic nitrogens is 4. The summed E-state index contributed by atoms with van der Waals surface area (Å²) in [6, 6.07) is 13.0. The lowest BCUT2D eigenvalue weighted by molar-refractivity contribution is -0.118. The van der Waals surface area contributed by atoms with Crippen LogP contribution in [0.3, 0.4) is 0 Å². The second kappa shape index (κ2) is 12.2. The average molecular weight is 592 g/mol. The molecule has 0 saturated heterocycles. The molecule has 0 fully saturated rings. The Bertz CT molecular complexity index is 1880. The van der Waals surface area contributed by atoms with Crippen molar-refractivity contribution in [3.63, 3.8) is 0 Å². The number of hydrogen-bond acceptors (Lipinski definition) is 8. The van der Waals surface area contributed by atoms with Gasteiger partial charge in [0.2, 0.25) is 5.91 Å². The summed E-state index contributed by atoms with van der Waals surface area (Å²) in [5.41, 5.74) is 11.7. The predicted molar refractivity (Wildman–Crippen MR) is 172 cm³/mol. The molecule has 0 saturated carbocycles. The Morgan fingerprint density at radius 2 is 1.77 bits per heavy atom. The molecule has 1 aliphatic rings.